The quantitative estimate of drug-likeness (QED) is 0.555. The van der Waals surface area contributed by atoms with Gasteiger partial charge in [-0.05, 0) is 6.07 Å². The summed E-state index contributed by atoms with van der Waals surface area (Å²) in [5.74, 6) is 1.81. The number of alkyl halides is 1. The zero-order valence-corrected chi connectivity index (χ0v) is 9.71. The predicted molar refractivity (Wildman–Crippen MR) is 59.9 cm³/mol. The van der Waals surface area contributed by atoms with E-state index in [2.05, 4.69) is 0 Å². The Morgan fingerprint density at radius 3 is 2.60 bits per heavy atom. The highest BCUT2D eigenvalue weighted by Gasteiger charge is 2.08. The van der Waals surface area contributed by atoms with Gasteiger partial charge >= 0.3 is 0 Å². The monoisotopic (exact) mass is 230 g/mol. The molecule has 0 radical (unpaired) electrons. The van der Waals surface area contributed by atoms with Crippen LogP contribution in [0.5, 0.6) is 11.5 Å². The molecule has 0 saturated heterocycles. The molecule has 0 unspecified atom stereocenters. The van der Waals surface area contributed by atoms with Crippen molar-refractivity contribution in [2.75, 3.05) is 27.4 Å². The summed E-state index contributed by atoms with van der Waals surface area (Å²) in [6.45, 7) is 1.05. The van der Waals surface area contributed by atoms with Gasteiger partial charge in [0.15, 0.2) is 11.5 Å². The Kier molecular flexibility index (Phi) is 5.29. The van der Waals surface area contributed by atoms with Crippen molar-refractivity contribution in [2.24, 2.45) is 0 Å². The molecule has 1 aromatic rings. The summed E-state index contributed by atoms with van der Waals surface area (Å²) >= 11 is 5.78. The summed E-state index contributed by atoms with van der Waals surface area (Å²) < 4.78 is 15.7. The Labute approximate surface area is 94.9 Å². The van der Waals surface area contributed by atoms with Gasteiger partial charge in [0.1, 0.15) is 6.61 Å². The van der Waals surface area contributed by atoms with Gasteiger partial charge in [0, 0.05) is 12.7 Å². The lowest BCUT2D eigenvalue weighted by atomic mass is 10.2. The van der Waals surface area contributed by atoms with Crippen LogP contribution in [0.4, 0.5) is 0 Å². The highest BCUT2D eigenvalue weighted by Crippen LogP contribution is 2.31. The maximum absolute atomic E-state index is 5.78. The second kappa shape index (κ2) is 6.53. The van der Waals surface area contributed by atoms with Crippen molar-refractivity contribution in [1.82, 2.24) is 0 Å². The van der Waals surface area contributed by atoms with Gasteiger partial charge in [-0.1, -0.05) is 12.1 Å². The zero-order valence-electron chi connectivity index (χ0n) is 8.96. The summed E-state index contributed by atoms with van der Waals surface area (Å²) in [4.78, 5) is 0. The van der Waals surface area contributed by atoms with Gasteiger partial charge in [0.25, 0.3) is 0 Å². The van der Waals surface area contributed by atoms with Gasteiger partial charge < -0.3 is 14.2 Å². The van der Waals surface area contributed by atoms with Crippen LogP contribution >= 0.6 is 11.6 Å². The first kappa shape index (κ1) is 12.1. The molecule has 4 heteroatoms. The van der Waals surface area contributed by atoms with E-state index in [0.29, 0.717) is 30.6 Å². The second-order valence-electron chi connectivity index (χ2n) is 2.92. The minimum atomic E-state index is 0.407. The van der Waals surface area contributed by atoms with Gasteiger partial charge in [0.2, 0.25) is 0 Å². The molecule has 1 rings (SSSR count). The minimum Gasteiger partial charge on any atom is -0.493 e. The normalized spacial score (nSPS) is 10.1. The Morgan fingerprint density at radius 1 is 1.20 bits per heavy atom. The molecule has 1 aromatic carbocycles. The molecule has 3 nitrogen and oxygen atoms in total. The predicted octanol–water partition coefficient (Wildman–Crippen LogP) is 2.46. The summed E-state index contributed by atoms with van der Waals surface area (Å²) in [5, 5.41) is 0. The third-order valence-electron chi connectivity index (χ3n) is 1.95. The van der Waals surface area contributed by atoms with Crippen LogP contribution in [0.2, 0.25) is 0 Å². The minimum absolute atomic E-state index is 0.407. The molecule has 0 spiro atoms. The summed E-state index contributed by atoms with van der Waals surface area (Å²) in [6.07, 6.45) is 0. The largest absolute Gasteiger partial charge is 0.493 e. The molecular weight excluding hydrogens is 216 g/mol. The van der Waals surface area contributed by atoms with E-state index in [4.69, 9.17) is 25.8 Å². The first-order valence-corrected chi connectivity index (χ1v) is 5.20. The summed E-state index contributed by atoms with van der Waals surface area (Å²) in [6, 6.07) is 5.65. The molecule has 84 valence electrons. The fourth-order valence-electron chi connectivity index (χ4n) is 1.25. The standard InChI is InChI=1S/C11H15ClO3/c1-13-6-7-15-10-5-3-4-9(8-12)11(10)14-2/h3-5H,6-8H2,1-2H3. The van der Waals surface area contributed by atoms with E-state index in [1.807, 2.05) is 18.2 Å². The zero-order chi connectivity index (χ0) is 11.1. The number of rotatable bonds is 6. The molecule has 0 aliphatic carbocycles. The molecule has 0 aromatic heterocycles. The van der Waals surface area contributed by atoms with Crippen LogP contribution in [0.15, 0.2) is 18.2 Å². The molecule has 0 N–H and O–H groups in total. The molecular formula is C11H15ClO3. The second-order valence-corrected chi connectivity index (χ2v) is 3.19. The van der Waals surface area contributed by atoms with Crippen molar-refractivity contribution < 1.29 is 14.2 Å². The van der Waals surface area contributed by atoms with Crippen LogP contribution in [-0.2, 0) is 10.6 Å². The van der Waals surface area contributed by atoms with E-state index < -0.39 is 0 Å². The van der Waals surface area contributed by atoms with E-state index in [1.165, 1.54) is 0 Å². The number of benzene rings is 1. The van der Waals surface area contributed by atoms with E-state index >= 15 is 0 Å². The molecule has 0 amide bonds. The highest BCUT2D eigenvalue weighted by molar-refractivity contribution is 6.17. The van der Waals surface area contributed by atoms with E-state index in [1.54, 1.807) is 14.2 Å². The van der Waals surface area contributed by atoms with Crippen LogP contribution in [0.3, 0.4) is 0 Å². The van der Waals surface area contributed by atoms with Crippen molar-refractivity contribution in [3.05, 3.63) is 23.8 Å². The smallest absolute Gasteiger partial charge is 0.165 e. The first-order chi connectivity index (χ1) is 7.33. The third-order valence-corrected chi connectivity index (χ3v) is 2.24. The van der Waals surface area contributed by atoms with Crippen LogP contribution in [0, 0.1) is 0 Å². The Bertz CT molecular complexity index is 302. The van der Waals surface area contributed by atoms with Crippen LogP contribution in [0.25, 0.3) is 0 Å². The lowest BCUT2D eigenvalue weighted by Gasteiger charge is -2.12. The van der Waals surface area contributed by atoms with Crippen molar-refractivity contribution in [1.29, 1.82) is 0 Å². The molecule has 0 heterocycles. The number of hydrogen-bond donors (Lipinski definition) is 0. The van der Waals surface area contributed by atoms with E-state index in [0.717, 1.165) is 5.56 Å². The number of ether oxygens (including phenoxy) is 3. The molecule has 0 bridgehead atoms. The number of para-hydroxylation sites is 1. The summed E-state index contributed by atoms with van der Waals surface area (Å²) in [5.41, 5.74) is 0.925. The van der Waals surface area contributed by atoms with Gasteiger partial charge in [-0.15, -0.1) is 11.6 Å². The molecule has 15 heavy (non-hydrogen) atoms. The van der Waals surface area contributed by atoms with Crippen molar-refractivity contribution in [3.63, 3.8) is 0 Å². The fraction of sp³-hybridized carbons (Fsp3) is 0.455. The van der Waals surface area contributed by atoms with E-state index in [9.17, 15) is 0 Å². The van der Waals surface area contributed by atoms with Crippen molar-refractivity contribution >= 4 is 11.6 Å². The number of halogens is 1. The van der Waals surface area contributed by atoms with Gasteiger partial charge in [0.05, 0.1) is 19.6 Å². The van der Waals surface area contributed by atoms with Crippen LogP contribution in [0.1, 0.15) is 5.56 Å². The van der Waals surface area contributed by atoms with E-state index in [-0.39, 0.29) is 0 Å². The Hall–Kier alpha value is -0.930. The maximum Gasteiger partial charge on any atom is 0.165 e. The first-order valence-electron chi connectivity index (χ1n) is 4.67. The molecule has 0 saturated carbocycles. The van der Waals surface area contributed by atoms with Crippen LogP contribution in [-0.4, -0.2) is 27.4 Å². The molecule has 0 aliphatic heterocycles. The fourth-order valence-corrected chi connectivity index (χ4v) is 1.46. The lowest BCUT2D eigenvalue weighted by molar-refractivity contribution is 0.144. The van der Waals surface area contributed by atoms with Gasteiger partial charge in [-0.25, -0.2) is 0 Å². The number of hydrogen-bond acceptors (Lipinski definition) is 3. The molecule has 0 atom stereocenters. The number of methoxy groups -OCH3 is 2. The molecule has 0 aliphatic rings. The average Bonchev–Trinajstić information content (AvgIpc) is 2.29. The van der Waals surface area contributed by atoms with Gasteiger partial charge in [-0.2, -0.15) is 0 Å². The molecule has 0 fully saturated rings. The highest BCUT2D eigenvalue weighted by atomic mass is 35.5. The Balaban J connectivity index is 2.76. The van der Waals surface area contributed by atoms with Crippen LogP contribution < -0.4 is 9.47 Å². The van der Waals surface area contributed by atoms with Crippen molar-refractivity contribution in [3.8, 4) is 11.5 Å². The maximum atomic E-state index is 5.78. The Morgan fingerprint density at radius 2 is 2.00 bits per heavy atom. The van der Waals surface area contributed by atoms with Gasteiger partial charge in [-0.3, -0.25) is 0 Å². The average molecular weight is 231 g/mol. The third kappa shape index (κ3) is 3.29. The summed E-state index contributed by atoms with van der Waals surface area (Å²) in [7, 11) is 3.24. The topological polar surface area (TPSA) is 27.7 Å². The SMILES string of the molecule is COCCOc1cccc(CCl)c1OC. The van der Waals surface area contributed by atoms with Crippen molar-refractivity contribution in [2.45, 2.75) is 5.88 Å². The lowest BCUT2D eigenvalue weighted by Crippen LogP contribution is -2.05.